The molecule has 2 amide bonds. The first kappa shape index (κ1) is 15.6. The Hall–Kier alpha value is -1.90. The molecule has 4 atom stereocenters. The third-order valence-corrected chi connectivity index (χ3v) is 6.90. The van der Waals surface area contributed by atoms with Crippen molar-refractivity contribution in [1.29, 1.82) is 0 Å². The van der Waals surface area contributed by atoms with E-state index in [4.69, 9.17) is 0 Å². The number of hydrogen-bond acceptors (Lipinski definition) is 2. The molecular weight excluding hydrogens is 298 g/mol. The quantitative estimate of drug-likeness (QED) is 0.606. The van der Waals surface area contributed by atoms with E-state index in [1.807, 2.05) is 31.2 Å². The summed E-state index contributed by atoms with van der Waals surface area (Å²) >= 11 is 0. The molecule has 5 rings (SSSR count). The Morgan fingerprint density at radius 2 is 1.71 bits per heavy atom. The molecule has 0 aromatic heterocycles. The average molecular weight is 323 g/mol. The first-order valence-corrected chi connectivity index (χ1v) is 8.96. The fourth-order valence-electron chi connectivity index (χ4n) is 5.28. The second-order valence-corrected chi connectivity index (χ2v) is 8.36. The molecule has 0 spiro atoms. The second kappa shape index (κ2) is 4.81. The van der Waals surface area contributed by atoms with E-state index in [-0.39, 0.29) is 34.5 Å². The van der Waals surface area contributed by atoms with Gasteiger partial charge in [0.1, 0.15) is 0 Å². The van der Waals surface area contributed by atoms with E-state index in [9.17, 15) is 9.59 Å². The molecule has 3 aliphatic carbocycles. The van der Waals surface area contributed by atoms with Crippen molar-refractivity contribution in [2.75, 3.05) is 4.90 Å². The third-order valence-electron chi connectivity index (χ3n) is 6.90. The Kier molecular flexibility index (Phi) is 3.13. The molecular formula is C21H25NO2. The molecule has 1 heterocycles. The number of aryl methyl sites for hydroxylation is 1. The number of amides is 2. The molecule has 3 nitrogen and oxygen atoms in total. The first-order chi connectivity index (χ1) is 11.3. The number of allylic oxidation sites excluding steroid dienone is 2. The normalized spacial score (nSPS) is 37.5. The van der Waals surface area contributed by atoms with Crippen LogP contribution < -0.4 is 4.90 Å². The summed E-state index contributed by atoms with van der Waals surface area (Å²) in [5, 5.41) is 0. The van der Waals surface area contributed by atoms with Gasteiger partial charge in [-0.3, -0.25) is 9.59 Å². The lowest BCUT2D eigenvalue weighted by Gasteiger charge is -2.55. The molecule has 0 N–H and O–H groups in total. The Labute approximate surface area is 143 Å². The van der Waals surface area contributed by atoms with Gasteiger partial charge in [-0.15, -0.1) is 0 Å². The van der Waals surface area contributed by atoms with Gasteiger partial charge in [0.25, 0.3) is 0 Å². The lowest BCUT2D eigenvalue weighted by atomic mass is 9.46. The van der Waals surface area contributed by atoms with Crippen molar-refractivity contribution in [3.05, 3.63) is 42.0 Å². The number of anilines is 1. The molecule has 1 aromatic rings. The summed E-state index contributed by atoms with van der Waals surface area (Å²) in [6, 6.07) is 7.70. The van der Waals surface area contributed by atoms with Gasteiger partial charge < -0.3 is 0 Å². The minimum absolute atomic E-state index is 0.00303. The van der Waals surface area contributed by atoms with E-state index in [0.29, 0.717) is 5.92 Å². The van der Waals surface area contributed by atoms with Crippen molar-refractivity contribution in [3.8, 4) is 0 Å². The van der Waals surface area contributed by atoms with E-state index in [1.165, 1.54) is 4.90 Å². The number of para-hydroxylation sites is 1. The Bertz CT molecular complexity index is 765. The number of hydrogen-bond donors (Lipinski definition) is 0. The van der Waals surface area contributed by atoms with Gasteiger partial charge in [-0.2, -0.15) is 0 Å². The monoisotopic (exact) mass is 323 g/mol. The Morgan fingerprint density at radius 3 is 2.29 bits per heavy atom. The van der Waals surface area contributed by atoms with Crippen LogP contribution in [0.3, 0.4) is 0 Å². The molecule has 1 saturated heterocycles. The molecule has 126 valence electrons. The fourth-order valence-corrected chi connectivity index (χ4v) is 5.28. The van der Waals surface area contributed by atoms with Crippen molar-refractivity contribution in [1.82, 2.24) is 0 Å². The van der Waals surface area contributed by atoms with Crippen molar-refractivity contribution < 1.29 is 9.59 Å². The van der Waals surface area contributed by atoms with E-state index in [0.717, 1.165) is 24.1 Å². The molecule has 4 aliphatic rings. The van der Waals surface area contributed by atoms with Crippen LogP contribution in [0, 0.1) is 35.5 Å². The van der Waals surface area contributed by atoms with Crippen LogP contribution >= 0.6 is 0 Å². The number of imide groups is 1. The van der Waals surface area contributed by atoms with Crippen molar-refractivity contribution in [3.63, 3.8) is 0 Å². The van der Waals surface area contributed by atoms with E-state index in [1.54, 1.807) is 0 Å². The zero-order valence-electron chi connectivity index (χ0n) is 14.9. The lowest BCUT2D eigenvalue weighted by Crippen LogP contribution is -2.53. The van der Waals surface area contributed by atoms with Gasteiger partial charge in [0.15, 0.2) is 0 Å². The summed E-state index contributed by atoms with van der Waals surface area (Å²) in [6.07, 6.45) is 6.47. The SMILES string of the molecule is Cc1ccccc1N1C(=O)[C@@H]2[C@H](C1=O)[C@@]1(C)C=C[C@@]2(C(C)C)CC1. The highest BCUT2D eigenvalue weighted by atomic mass is 16.2. The van der Waals surface area contributed by atoms with Crippen LogP contribution in [0.15, 0.2) is 36.4 Å². The first-order valence-electron chi connectivity index (χ1n) is 8.96. The zero-order valence-corrected chi connectivity index (χ0v) is 14.9. The Balaban J connectivity index is 1.88. The third kappa shape index (κ3) is 1.73. The van der Waals surface area contributed by atoms with Crippen LogP contribution in [0.25, 0.3) is 0 Å². The van der Waals surface area contributed by atoms with Crippen molar-refractivity contribution in [2.45, 2.75) is 40.5 Å². The van der Waals surface area contributed by atoms with Gasteiger partial charge in [0, 0.05) is 5.41 Å². The standard InChI is InChI=1S/C21H25NO2/c1-13(2)21-11-9-20(4,10-12-21)16-17(21)19(24)22(18(16)23)15-8-6-5-7-14(15)3/h5-9,11,13,16-17H,10,12H2,1-4H3/t16-,17+,20+,21+/m1/s1. The van der Waals surface area contributed by atoms with Gasteiger partial charge >= 0.3 is 0 Å². The van der Waals surface area contributed by atoms with Crippen LogP contribution in [0.1, 0.15) is 39.2 Å². The maximum atomic E-state index is 13.4. The molecule has 1 aliphatic heterocycles. The predicted octanol–water partition coefficient (Wildman–Crippen LogP) is 4.11. The lowest BCUT2D eigenvalue weighted by molar-refractivity contribution is -0.135. The van der Waals surface area contributed by atoms with Crippen molar-refractivity contribution in [2.24, 2.45) is 28.6 Å². The van der Waals surface area contributed by atoms with Gasteiger partial charge in [-0.1, -0.05) is 51.1 Å². The molecule has 1 saturated carbocycles. The van der Waals surface area contributed by atoms with Crippen LogP contribution in [0.2, 0.25) is 0 Å². The topological polar surface area (TPSA) is 37.4 Å². The second-order valence-electron chi connectivity index (χ2n) is 8.36. The highest BCUT2D eigenvalue weighted by molar-refractivity contribution is 6.23. The highest BCUT2D eigenvalue weighted by Crippen LogP contribution is 2.64. The smallest absolute Gasteiger partial charge is 0.238 e. The summed E-state index contributed by atoms with van der Waals surface area (Å²) in [4.78, 5) is 28.2. The van der Waals surface area contributed by atoms with Crippen LogP contribution in [-0.2, 0) is 9.59 Å². The van der Waals surface area contributed by atoms with Crippen LogP contribution in [0.4, 0.5) is 5.69 Å². The minimum Gasteiger partial charge on any atom is -0.274 e. The minimum atomic E-state index is -0.217. The average Bonchev–Trinajstić information content (AvgIpc) is 2.83. The Morgan fingerprint density at radius 1 is 1.04 bits per heavy atom. The molecule has 1 aromatic carbocycles. The van der Waals surface area contributed by atoms with Gasteiger partial charge in [-0.25, -0.2) is 4.90 Å². The summed E-state index contributed by atoms with van der Waals surface area (Å²) in [6.45, 7) is 8.48. The molecule has 0 radical (unpaired) electrons. The molecule has 2 fully saturated rings. The maximum Gasteiger partial charge on any atom is 0.238 e. The summed E-state index contributed by atoms with van der Waals surface area (Å²) in [5.41, 5.74) is 1.36. The largest absolute Gasteiger partial charge is 0.274 e. The van der Waals surface area contributed by atoms with E-state index >= 15 is 0 Å². The molecule has 24 heavy (non-hydrogen) atoms. The maximum absolute atomic E-state index is 13.4. The predicted molar refractivity (Wildman–Crippen MR) is 94.4 cm³/mol. The number of benzene rings is 1. The van der Waals surface area contributed by atoms with Crippen LogP contribution in [0.5, 0.6) is 0 Å². The van der Waals surface area contributed by atoms with Crippen LogP contribution in [-0.4, -0.2) is 11.8 Å². The summed E-state index contributed by atoms with van der Waals surface area (Å²) in [7, 11) is 0. The van der Waals surface area contributed by atoms with Gasteiger partial charge in [0.05, 0.1) is 17.5 Å². The number of carbonyl (C=O) groups is 2. The van der Waals surface area contributed by atoms with Crippen molar-refractivity contribution >= 4 is 17.5 Å². The summed E-state index contributed by atoms with van der Waals surface area (Å²) < 4.78 is 0. The fraction of sp³-hybridized carbons (Fsp3) is 0.524. The number of fused-ring (bicyclic) bond motifs is 1. The number of rotatable bonds is 2. The number of carbonyl (C=O) groups excluding carboxylic acids is 2. The molecule has 2 bridgehead atoms. The van der Waals surface area contributed by atoms with Gasteiger partial charge in [-0.05, 0) is 42.7 Å². The highest BCUT2D eigenvalue weighted by Gasteiger charge is 2.67. The number of nitrogens with zero attached hydrogens (tertiary/aromatic N) is 1. The zero-order chi connectivity index (χ0) is 17.3. The van der Waals surface area contributed by atoms with Gasteiger partial charge in [0.2, 0.25) is 11.8 Å². The molecule has 0 unspecified atom stereocenters. The van der Waals surface area contributed by atoms with E-state index < -0.39 is 0 Å². The molecule has 3 heteroatoms. The summed E-state index contributed by atoms with van der Waals surface area (Å²) in [5.74, 6) is -0.0852. The van der Waals surface area contributed by atoms with E-state index in [2.05, 4.69) is 32.9 Å².